The number of nitrogens with one attached hydrogen (secondary N) is 2. The fourth-order valence-corrected chi connectivity index (χ4v) is 1.74. The van der Waals surface area contributed by atoms with E-state index in [9.17, 15) is 4.79 Å². The molecule has 0 spiro atoms. The molecule has 1 amide bonds. The molecule has 0 fully saturated rings. The van der Waals surface area contributed by atoms with Crippen molar-refractivity contribution in [2.24, 2.45) is 0 Å². The van der Waals surface area contributed by atoms with E-state index in [4.69, 9.17) is 5.11 Å². The molecule has 3 N–H and O–H groups in total. The summed E-state index contributed by atoms with van der Waals surface area (Å²) in [6.07, 6.45) is 2.41. The molecule has 0 unspecified atom stereocenters. The lowest BCUT2D eigenvalue weighted by Gasteiger charge is -2.06. The van der Waals surface area contributed by atoms with Gasteiger partial charge in [-0.05, 0) is 12.1 Å². The number of H-pyrrole nitrogens is 1. The van der Waals surface area contributed by atoms with Crippen molar-refractivity contribution in [2.45, 2.75) is 12.8 Å². The van der Waals surface area contributed by atoms with Gasteiger partial charge in [0.2, 0.25) is 0 Å². The van der Waals surface area contributed by atoms with Crippen LogP contribution < -0.4 is 5.32 Å². The van der Waals surface area contributed by atoms with Crippen LogP contribution in [0.4, 0.5) is 0 Å². The molecule has 0 saturated heterocycles. The van der Waals surface area contributed by atoms with Crippen LogP contribution in [0.5, 0.6) is 0 Å². The van der Waals surface area contributed by atoms with Crippen molar-refractivity contribution in [1.29, 1.82) is 0 Å². The Morgan fingerprint density at radius 2 is 2.24 bits per heavy atom. The summed E-state index contributed by atoms with van der Waals surface area (Å²) >= 11 is 0. The van der Waals surface area contributed by atoms with E-state index in [1.807, 2.05) is 6.07 Å². The van der Waals surface area contributed by atoms with Crippen molar-refractivity contribution in [3.05, 3.63) is 47.5 Å². The molecule has 0 aliphatic carbocycles. The molecule has 1 aromatic carbocycles. The summed E-state index contributed by atoms with van der Waals surface area (Å²) in [6, 6.07) is 7.14. The van der Waals surface area contributed by atoms with Crippen molar-refractivity contribution < 1.29 is 9.90 Å². The fourth-order valence-electron chi connectivity index (χ4n) is 1.74. The van der Waals surface area contributed by atoms with Gasteiger partial charge in [0.15, 0.2) is 0 Å². The van der Waals surface area contributed by atoms with Gasteiger partial charge in [0.05, 0.1) is 12.2 Å². The van der Waals surface area contributed by atoms with Gasteiger partial charge < -0.3 is 10.4 Å². The second-order valence-electron chi connectivity index (χ2n) is 4.26. The maximum absolute atomic E-state index is 12.2. The molecule has 0 saturated carbocycles. The maximum atomic E-state index is 12.2. The van der Waals surface area contributed by atoms with E-state index in [2.05, 4.69) is 32.3 Å². The number of benzene rings is 1. The quantitative estimate of drug-likeness (QED) is 0.698. The van der Waals surface area contributed by atoms with Crippen LogP contribution in [0.2, 0.25) is 0 Å². The summed E-state index contributed by atoms with van der Waals surface area (Å²) in [5, 5.41) is 18.0. The largest absolute Gasteiger partial charge is 0.395 e. The monoisotopic (exact) mass is 284 g/mol. The minimum atomic E-state index is -0.177. The summed E-state index contributed by atoms with van der Waals surface area (Å²) < 4.78 is 0. The Hall–Kier alpha value is -2.65. The Bertz CT molecular complexity index is 641. The molecule has 1 aromatic heterocycles. The van der Waals surface area contributed by atoms with E-state index in [1.165, 1.54) is 6.33 Å². The smallest absolute Gasteiger partial charge is 0.252 e. The second-order valence-corrected chi connectivity index (χ2v) is 4.26. The topological polar surface area (TPSA) is 90.9 Å². The first-order chi connectivity index (χ1) is 10.3. The number of carbonyl (C=O) groups is 1. The highest BCUT2D eigenvalue weighted by Gasteiger charge is 2.09. The number of aromatic nitrogens is 3. The second kappa shape index (κ2) is 7.82. The van der Waals surface area contributed by atoms with E-state index in [0.29, 0.717) is 30.5 Å². The van der Waals surface area contributed by atoms with Crippen molar-refractivity contribution >= 4 is 5.91 Å². The van der Waals surface area contributed by atoms with Gasteiger partial charge >= 0.3 is 0 Å². The molecular weight excluding hydrogens is 268 g/mol. The van der Waals surface area contributed by atoms with E-state index >= 15 is 0 Å². The van der Waals surface area contributed by atoms with Crippen LogP contribution >= 0.6 is 0 Å². The first kappa shape index (κ1) is 14.8. The summed E-state index contributed by atoms with van der Waals surface area (Å²) in [7, 11) is 0. The fraction of sp³-hybridized carbons (Fsp3) is 0.267. The molecule has 108 valence electrons. The standard InChI is InChI=1S/C15H16N4O2/c20-10-4-3-6-12-5-1-2-7-13(12)15(21)16-9-8-14-17-11-18-19-14/h1-2,5,7,11,20H,4,8-10H2,(H,16,21)(H,17,18,19). The number of hydrogen-bond acceptors (Lipinski definition) is 4. The van der Waals surface area contributed by atoms with E-state index in [0.717, 1.165) is 5.82 Å². The average Bonchev–Trinajstić information content (AvgIpc) is 3.01. The Morgan fingerprint density at radius 1 is 1.38 bits per heavy atom. The number of aromatic amines is 1. The van der Waals surface area contributed by atoms with Gasteiger partial charge in [0.1, 0.15) is 12.2 Å². The van der Waals surface area contributed by atoms with E-state index in [-0.39, 0.29) is 12.5 Å². The molecule has 2 rings (SSSR count). The zero-order valence-corrected chi connectivity index (χ0v) is 11.5. The summed E-state index contributed by atoms with van der Waals surface area (Å²) in [4.78, 5) is 16.1. The van der Waals surface area contributed by atoms with Crippen LogP contribution in [0.15, 0.2) is 30.6 Å². The molecule has 0 atom stereocenters. The first-order valence-electron chi connectivity index (χ1n) is 6.62. The lowest BCUT2D eigenvalue weighted by Crippen LogP contribution is -2.26. The molecule has 21 heavy (non-hydrogen) atoms. The number of aliphatic hydroxyl groups is 1. The van der Waals surface area contributed by atoms with E-state index in [1.54, 1.807) is 18.2 Å². The molecule has 2 aromatic rings. The Kier molecular flexibility index (Phi) is 5.50. The van der Waals surface area contributed by atoms with Gasteiger partial charge in [-0.3, -0.25) is 9.89 Å². The lowest BCUT2D eigenvalue weighted by atomic mass is 10.1. The van der Waals surface area contributed by atoms with Gasteiger partial charge in [-0.2, -0.15) is 5.10 Å². The SMILES string of the molecule is O=C(NCCc1ncn[nH]1)c1ccccc1C#CCCO. The third kappa shape index (κ3) is 4.44. The van der Waals surface area contributed by atoms with Crippen LogP contribution in [-0.2, 0) is 6.42 Å². The zero-order valence-electron chi connectivity index (χ0n) is 11.5. The molecule has 6 heteroatoms. The highest BCUT2D eigenvalue weighted by molar-refractivity contribution is 5.96. The third-order valence-electron chi connectivity index (χ3n) is 2.74. The molecule has 0 aliphatic heterocycles. The number of hydrogen-bond donors (Lipinski definition) is 3. The average molecular weight is 284 g/mol. The zero-order chi connectivity index (χ0) is 14.9. The maximum Gasteiger partial charge on any atom is 0.252 e. The van der Waals surface area contributed by atoms with Crippen molar-refractivity contribution in [3.8, 4) is 11.8 Å². The van der Waals surface area contributed by atoms with Gasteiger partial charge in [-0.1, -0.05) is 24.0 Å². The van der Waals surface area contributed by atoms with Crippen LogP contribution in [-0.4, -0.2) is 39.3 Å². The van der Waals surface area contributed by atoms with Crippen LogP contribution in [0.3, 0.4) is 0 Å². The van der Waals surface area contributed by atoms with Gasteiger partial charge in [-0.25, -0.2) is 4.98 Å². The van der Waals surface area contributed by atoms with Crippen LogP contribution in [0.1, 0.15) is 28.2 Å². The molecule has 1 heterocycles. The highest BCUT2D eigenvalue weighted by Crippen LogP contribution is 2.07. The number of nitrogens with zero attached hydrogens (tertiary/aromatic N) is 2. The molecule has 6 nitrogen and oxygen atoms in total. The summed E-state index contributed by atoms with van der Waals surface area (Å²) in [6.45, 7) is 0.477. The summed E-state index contributed by atoms with van der Waals surface area (Å²) in [5.41, 5.74) is 1.18. The van der Waals surface area contributed by atoms with Gasteiger partial charge in [0.25, 0.3) is 5.91 Å². The Balaban J connectivity index is 1.97. The molecular formula is C15H16N4O2. The van der Waals surface area contributed by atoms with Crippen LogP contribution in [0, 0.1) is 11.8 Å². The van der Waals surface area contributed by atoms with E-state index < -0.39 is 0 Å². The highest BCUT2D eigenvalue weighted by atomic mass is 16.2. The van der Waals surface area contributed by atoms with Crippen molar-refractivity contribution in [3.63, 3.8) is 0 Å². The lowest BCUT2D eigenvalue weighted by molar-refractivity contribution is 0.0954. The third-order valence-corrected chi connectivity index (χ3v) is 2.74. The number of amides is 1. The summed E-state index contributed by atoms with van der Waals surface area (Å²) in [5.74, 6) is 6.27. The minimum Gasteiger partial charge on any atom is -0.395 e. The predicted molar refractivity (Wildman–Crippen MR) is 77.4 cm³/mol. The predicted octanol–water partition coefficient (Wildman–Crippen LogP) is 0.511. The molecule has 0 bridgehead atoms. The molecule has 0 aliphatic rings. The first-order valence-corrected chi connectivity index (χ1v) is 6.62. The number of carbonyl (C=O) groups excluding carboxylic acids is 1. The normalized spacial score (nSPS) is 9.76. The van der Waals surface area contributed by atoms with Gasteiger partial charge in [-0.15, -0.1) is 0 Å². The van der Waals surface area contributed by atoms with Crippen LogP contribution in [0.25, 0.3) is 0 Å². The number of rotatable bonds is 5. The minimum absolute atomic E-state index is 0.0124. The Labute approximate surface area is 122 Å². The van der Waals surface area contributed by atoms with Crippen molar-refractivity contribution in [1.82, 2.24) is 20.5 Å². The Morgan fingerprint density at radius 3 is 3.00 bits per heavy atom. The molecule has 0 radical (unpaired) electrons. The van der Waals surface area contributed by atoms with Crippen molar-refractivity contribution in [2.75, 3.05) is 13.2 Å². The number of aliphatic hydroxyl groups excluding tert-OH is 1. The van der Waals surface area contributed by atoms with Gasteiger partial charge in [0, 0.05) is 24.9 Å².